The van der Waals surface area contributed by atoms with E-state index in [0.717, 1.165) is 5.56 Å². The molecule has 24 heavy (non-hydrogen) atoms. The van der Waals surface area contributed by atoms with E-state index in [2.05, 4.69) is 40.0 Å². The molecule has 0 bridgehead atoms. The zero-order chi connectivity index (χ0) is 18.0. The van der Waals surface area contributed by atoms with Gasteiger partial charge in [-0.3, -0.25) is 4.90 Å². The second-order valence-corrected chi connectivity index (χ2v) is 8.42. The largest absolute Gasteiger partial charge is 0.444 e. The van der Waals surface area contributed by atoms with Crippen LogP contribution < -0.4 is 5.32 Å². The van der Waals surface area contributed by atoms with Crippen molar-refractivity contribution < 1.29 is 14.3 Å². The predicted octanol–water partition coefficient (Wildman–Crippen LogP) is 4.18. The number of ether oxygens (including phenoxy) is 2. The Balaban J connectivity index is 2.05. The van der Waals surface area contributed by atoms with Crippen molar-refractivity contribution in [1.82, 2.24) is 10.2 Å². The Morgan fingerprint density at radius 3 is 2.58 bits per heavy atom. The van der Waals surface area contributed by atoms with E-state index in [4.69, 9.17) is 9.47 Å². The molecular weight excluding hydrogens is 419 g/mol. The Labute approximate surface area is 157 Å². The fourth-order valence-electron chi connectivity index (χ4n) is 2.41. The van der Waals surface area contributed by atoms with Crippen LogP contribution in [0.4, 0.5) is 4.79 Å². The number of nitrogens with zero attached hydrogens (tertiary/aromatic N) is 1. The molecule has 1 aliphatic heterocycles. The molecule has 132 valence electrons. The lowest BCUT2D eigenvalue weighted by atomic mass is 10.2. The number of nitrogens with one attached hydrogen (secondary N) is 1. The lowest BCUT2D eigenvalue weighted by molar-refractivity contribution is -0.0630. The van der Waals surface area contributed by atoms with E-state index in [0.29, 0.717) is 6.61 Å². The molecule has 1 amide bonds. The van der Waals surface area contributed by atoms with E-state index in [1.807, 2.05) is 59.0 Å². The van der Waals surface area contributed by atoms with Crippen molar-refractivity contribution in [3.63, 3.8) is 0 Å². The van der Waals surface area contributed by atoms with Gasteiger partial charge in [0.1, 0.15) is 17.5 Å². The van der Waals surface area contributed by atoms with Crippen molar-refractivity contribution >= 4 is 34.8 Å². The molecule has 0 radical (unpaired) electrons. The SMILES string of the molecule is CC(C)(C)OC(=O)N1[C@@H](N/C=C/c2ccc(I)cc2)COC1(C)C. The predicted molar refractivity (Wildman–Crippen MR) is 103 cm³/mol. The molecule has 0 saturated carbocycles. The first-order chi connectivity index (χ1) is 11.1. The second kappa shape index (κ2) is 7.31. The Bertz CT molecular complexity index is 606. The Hall–Kier alpha value is -1.28. The number of carbonyl (C=O) groups is 1. The molecule has 1 heterocycles. The molecule has 0 unspecified atom stereocenters. The molecule has 1 aliphatic rings. The summed E-state index contributed by atoms with van der Waals surface area (Å²) >= 11 is 2.27. The Morgan fingerprint density at radius 2 is 2.00 bits per heavy atom. The van der Waals surface area contributed by atoms with Gasteiger partial charge in [0.15, 0.2) is 0 Å². The fraction of sp³-hybridized carbons (Fsp3) is 0.500. The summed E-state index contributed by atoms with van der Waals surface area (Å²) in [6.07, 6.45) is 3.16. The van der Waals surface area contributed by atoms with Crippen LogP contribution in [0.2, 0.25) is 0 Å². The van der Waals surface area contributed by atoms with Crippen molar-refractivity contribution in [3.8, 4) is 0 Å². The summed E-state index contributed by atoms with van der Waals surface area (Å²) in [5, 5.41) is 3.23. The highest BCUT2D eigenvalue weighted by molar-refractivity contribution is 14.1. The summed E-state index contributed by atoms with van der Waals surface area (Å²) in [4.78, 5) is 14.1. The fourth-order valence-corrected chi connectivity index (χ4v) is 2.77. The topological polar surface area (TPSA) is 50.8 Å². The van der Waals surface area contributed by atoms with Crippen LogP contribution in [0.25, 0.3) is 6.08 Å². The third kappa shape index (κ3) is 5.11. The zero-order valence-corrected chi connectivity index (χ0v) is 17.0. The van der Waals surface area contributed by atoms with Gasteiger partial charge in [0.25, 0.3) is 0 Å². The molecule has 1 saturated heterocycles. The minimum atomic E-state index is -0.712. The second-order valence-electron chi connectivity index (χ2n) is 7.18. The third-order valence-electron chi connectivity index (χ3n) is 3.51. The normalized spacial score (nSPS) is 20.4. The first-order valence-electron chi connectivity index (χ1n) is 7.93. The van der Waals surface area contributed by atoms with Gasteiger partial charge in [-0.15, -0.1) is 0 Å². The zero-order valence-electron chi connectivity index (χ0n) is 14.8. The average molecular weight is 444 g/mol. The molecule has 6 heteroatoms. The summed E-state index contributed by atoms with van der Waals surface area (Å²) in [6.45, 7) is 9.70. The third-order valence-corrected chi connectivity index (χ3v) is 4.23. The van der Waals surface area contributed by atoms with E-state index >= 15 is 0 Å². The quantitative estimate of drug-likeness (QED) is 0.711. The summed E-state index contributed by atoms with van der Waals surface area (Å²) in [5.41, 5.74) is -0.168. The first-order valence-corrected chi connectivity index (χ1v) is 9.01. The molecule has 0 aliphatic carbocycles. The monoisotopic (exact) mass is 444 g/mol. The molecule has 2 rings (SSSR count). The lowest BCUT2D eigenvalue weighted by Crippen LogP contribution is -2.53. The lowest BCUT2D eigenvalue weighted by Gasteiger charge is -2.34. The van der Waals surface area contributed by atoms with Crippen molar-refractivity contribution in [1.29, 1.82) is 0 Å². The number of amides is 1. The molecule has 0 spiro atoms. The van der Waals surface area contributed by atoms with E-state index in [1.165, 1.54) is 3.57 Å². The minimum Gasteiger partial charge on any atom is -0.444 e. The van der Waals surface area contributed by atoms with E-state index in [9.17, 15) is 4.79 Å². The molecule has 1 aromatic rings. The number of hydrogen-bond acceptors (Lipinski definition) is 4. The highest BCUT2D eigenvalue weighted by Crippen LogP contribution is 2.28. The molecule has 1 aromatic carbocycles. The van der Waals surface area contributed by atoms with Crippen LogP contribution in [0.15, 0.2) is 30.5 Å². The van der Waals surface area contributed by atoms with Crippen LogP contribution in [-0.2, 0) is 9.47 Å². The number of halogens is 1. The van der Waals surface area contributed by atoms with Gasteiger partial charge in [-0.2, -0.15) is 0 Å². The molecule has 1 atom stereocenters. The van der Waals surface area contributed by atoms with Gasteiger partial charge < -0.3 is 14.8 Å². The summed E-state index contributed by atoms with van der Waals surface area (Å²) < 4.78 is 12.4. The van der Waals surface area contributed by atoms with Crippen LogP contribution in [0.3, 0.4) is 0 Å². The Morgan fingerprint density at radius 1 is 1.38 bits per heavy atom. The van der Waals surface area contributed by atoms with Gasteiger partial charge in [0, 0.05) is 3.57 Å². The Kier molecular flexibility index (Phi) is 5.80. The van der Waals surface area contributed by atoms with Crippen LogP contribution in [-0.4, -0.2) is 35.1 Å². The molecule has 1 N–H and O–H groups in total. The van der Waals surface area contributed by atoms with Gasteiger partial charge in [-0.1, -0.05) is 12.1 Å². The van der Waals surface area contributed by atoms with Crippen LogP contribution in [0, 0.1) is 3.57 Å². The number of rotatable bonds is 3. The van der Waals surface area contributed by atoms with Gasteiger partial charge in [0.2, 0.25) is 0 Å². The van der Waals surface area contributed by atoms with Crippen molar-refractivity contribution in [2.75, 3.05) is 6.61 Å². The first kappa shape index (κ1) is 19.1. The van der Waals surface area contributed by atoms with Gasteiger partial charge in [0.05, 0.1) is 6.61 Å². The van der Waals surface area contributed by atoms with E-state index in [1.54, 1.807) is 4.90 Å². The van der Waals surface area contributed by atoms with Crippen LogP contribution in [0.5, 0.6) is 0 Å². The number of hydrogen-bond donors (Lipinski definition) is 1. The van der Waals surface area contributed by atoms with Crippen LogP contribution >= 0.6 is 22.6 Å². The maximum absolute atomic E-state index is 12.5. The molecule has 5 nitrogen and oxygen atoms in total. The van der Waals surface area contributed by atoms with Crippen molar-refractivity contribution in [2.24, 2.45) is 0 Å². The molecular formula is C18H25IN2O3. The average Bonchev–Trinajstić information content (AvgIpc) is 2.74. The van der Waals surface area contributed by atoms with E-state index < -0.39 is 11.3 Å². The van der Waals surface area contributed by atoms with Crippen molar-refractivity contribution in [2.45, 2.75) is 52.1 Å². The van der Waals surface area contributed by atoms with Gasteiger partial charge in [-0.25, -0.2) is 4.79 Å². The summed E-state index contributed by atoms with van der Waals surface area (Å²) in [6, 6.07) is 8.19. The standard InChI is InChI=1S/C18H25IN2O3/c1-17(2,3)24-16(22)21-15(12-23-18(21,4)5)20-11-10-13-6-8-14(19)9-7-13/h6-11,15,20H,12H2,1-5H3/b11-10+/t15-/m1/s1. The maximum atomic E-state index is 12.5. The van der Waals surface area contributed by atoms with Crippen molar-refractivity contribution in [3.05, 3.63) is 39.6 Å². The van der Waals surface area contributed by atoms with Crippen LogP contribution in [0.1, 0.15) is 40.2 Å². The summed E-state index contributed by atoms with van der Waals surface area (Å²) in [7, 11) is 0. The highest BCUT2D eigenvalue weighted by atomic mass is 127. The van der Waals surface area contributed by atoms with Gasteiger partial charge in [-0.05, 0) is 87.2 Å². The molecule has 1 fully saturated rings. The minimum absolute atomic E-state index is 0.269. The van der Waals surface area contributed by atoms with E-state index in [-0.39, 0.29) is 12.3 Å². The molecule has 0 aromatic heterocycles. The highest BCUT2D eigenvalue weighted by Gasteiger charge is 2.45. The number of carbonyl (C=O) groups excluding carboxylic acids is 1. The number of benzene rings is 1. The maximum Gasteiger partial charge on any atom is 0.414 e. The smallest absolute Gasteiger partial charge is 0.414 e. The van der Waals surface area contributed by atoms with Gasteiger partial charge >= 0.3 is 6.09 Å². The summed E-state index contributed by atoms with van der Waals surface area (Å²) in [5.74, 6) is 0.